The summed E-state index contributed by atoms with van der Waals surface area (Å²) in [5, 5.41) is 0.562. The number of hydrogen-bond acceptors (Lipinski definition) is 3. The molecular formula is C18H16O3. The van der Waals surface area contributed by atoms with Crippen molar-refractivity contribution in [1.82, 2.24) is 0 Å². The van der Waals surface area contributed by atoms with Crippen LogP contribution in [-0.2, 0) is 0 Å². The molecule has 0 spiro atoms. The van der Waals surface area contributed by atoms with E-state index in [0.29, 0.717) is 22.3 Å². The zero-order valence-electron chi connectivity index (χ0n) is 12.3. The summed E-state index contributed by atoms with van der Waals surface area (Å²) in [6.45, 7) is 4.08. The second-order valence-electron chi connectivity index (χ2n) is 5.14. The highest BCUT2D eigenvalue weighted by molar-refractivity contribution is 5.82. The van der Waals surface area contributed by atoms with Gasteiger partial charge in [-0.2, -0.15) is 0 Å². The van der Waals surface area contributed by atoms with E-state index < -0.39 is 0 Å². The highest BCUT2D eigenvalue weighted by Crippen LogP contribution is 2.24. The monoisotopic (exact) mass is 280 g/mol. The van der Waals surface area contributed by atoms with E-state index in [1.165, 1.54) is 11.8 Å². The van der Waals surface area contributed by atoms with Gasteiger partial charge in [-0.25, -0.2) is 0 Å². The Morgan fingerprint density at radius 3 is 2.52 bits per heavy atom. The average Bonchev–Trinajstić information content (AvgIpc) is 2.50. The molecule has 21 heavy (non-hydrogen) atoms. The van der Waals surface area contributed by atoms with Crippen molar-refractivity contribution in [3.8, 4) is 16.9 Å². The standard InChI is InChI=1S/C18H16O3/c1-11-4-5-13(8-12(11)2)16-10-21-17-9-14(20-3)6-7-15(17)18(16)19/h4-10H,1-3H3. The molecule has 0 aliphatic carbocycles. The van der Waals surface area contributed by atoms with E-state index in [1.54, 1.807) is 25.3 Å². The molecular weight excluding hydrogens is 264 g/mol. The average molecular weight is 280 g/mol. The Bertz CT molecular complexity index is 875. The third-order valence-electron chi connectivity index (χ3n) is 3.80. The van der Waals surface area contributed by atoms with E-state index in [0.717, 1.165) is 11.1 Å². The predicted molar refractivity (Wildman–Crippen MR) is 83.9 cm³/mol. The molecule has 0 amide bonds. The molecule has 0 fully saturated rings. The Balaban J connectivity index is 2.22. The van der Waals surface area contributed by atoms with E-state index in [1.807, 2.05) is 32.0 Å². The van der Waals surface area contributed by atoms with E-state index in [9.17, 15) is 4.79 Å². The Hall–Kier alpha value is -2.55. The molecule has 106 valence electrons. The fourth-order valence-corrected chi connectivity index (χ4v) is 2.34. The second kappa shape index (κ2) is 5.09. The molecule has 3 nitrogen and oxygen atoms in total. The number of benzene rings is 2. The molecule has 0 bridgehead atoms. The van der Waals surface area contributed by atoms with E-state index >= 15 is 0 Å². The molecule has 2 aromatic carbocycles. The summed E-state index contributed by atoms with van der Waals surface area (Å²) in [6.07, 6.45) is 1.52. The molecule has 3 rings (SSSR count). The molecule has 0 saturated heterocycles. The smallest absolute Gasteiger partial charge is 0.200 e. The summed E-state index contributed by atoms with van der Waals surface area (Å²) < 4.78 is 10.8. The van der Waals surface area contributed by atoms with Gasteiger partial charge in [-0.05, 0) is 42.7 Å². The Morgan fingerprint density at radius 1 is 1.00 bits per heavy atom. The molecule has 0 atom stereocenters. The number of fused-ring (bicyclic) bond motifs is 1. The van der Waals surface area contributed by atoms with Gasteiger partial charge in [-0.1, -0.05) is 18.2 Å². The van der Waals surface area contributed by atoms with Crippen molar-refractivity contribution >= 4 is 11.0 Å². The minimum Gasteiger partial charge on any atom is -0.497 e. The first-order chi connectivity index (χ1) is 10.1. The molecule has 3 heteroatoms. The lowest BCUT2D eigenvalue weighted by atomic mass is 10.0. The van der Waals surface area contributed by atoms with Crippen molar-refractivity contribution in [1.29, 1.82) is 0 Å². The SMILES string of the molecule is COc1ccc2c(=O)c(-c3ccc(C)c(C)c3)coc2c1. The van der Waals surface area contributed by atoms with Gasteiger partial charge >= 0.3 is 0 Å². The van der Waals surface area contributed by atoms with Gasteiger partial charge in [-0.15, -0.1) is 0 Å². The third kappa shape index (κ3) is 2.31. The Kier molecular flexibility index (Phi) is 3.26. The largest absolute Gasteiger partial charge is 0.497 e. The lowest BCUT2D eigenvalue weighted by Crippen LogP contribution is -2.05. The van der Waals surface area contributed by atoms with Crippen LogP contribution in [0.5, 0.6) is 5.75 Å². The maximum atomic E-state index is 12.6. The van der Waals surface area contributed by atoms with Crippen LogP contribution in [0.25, 0.3) is 22.1 Å². The lowest BCUT2D eigenvalue weighted by Gasteiger charge is -2.06. The van der Waals surface area contributed by atoms with Crippen molar-refractivity contribution in [2.45, 2.75) is 13.8 Å². The van der Waals surface area contributed by atoms with Crippen molar-refractivity contribution in [3.63, 3.8) is 0 Å². The normalized spacial score (nSPS) is 10.8. The van der Waals surface area contributed by atoms with Crippen LogP contribution in [0.1, 0.15) is 11.1 Å². The fraction of sp³-hybridized carbons (Fsp3) is 0.167. The van der Waals surface area contributed by atoms with Gasteiger partial charge in [0.15, 0.2) is 5.43 Å². The van der Waals surface area contributed by atoms with E-state index in [2.05, 4.69) is 0 Å². The van der Waals surface area contributed by atoms with Crippen LogP contribution in [0.2, 0.25) is 0 Å². The van der Waals surface area contributed by atoms with Crippen molar-refractivity contribution in [2.75, 3.05) is 7.11 Å². The van der Waals surface area contributed by atoms with Crippen molar-refractivity contribution in [2.24, 2.45) is 0 Å². The van der Waals surface area contributed by atoms with Crippen LogP contribution in [0, 0.1) is 13.8 Å². The number of methoxy groups -OCH3 is 1. The molecule has 0 aliphatic heterocycles. The van der Waals surface area contributed by atoms with Gasteiger partial charge < -0.3 is 9.15 Å². The summed E-state index contributed by atoms with van der Waals surface area (Å²) >= 11 is 0. The van der Waals surface area contributed by atoms with Crippen molar-refractivity contribution < 1.29 is 9.15 Å². The first-order valence-corrected chi connectivity index (χ1v) is 6.77. The van der Waals surface area contributed by atoms with Gasteiger partial charge in [0.25, 0.3) is 0 Å². The summed E-state index contributed by atoms with van der Waals surface area (Å²) in [4.78, 5) is 12.6. The van der Waals surface area contributed by atoms with Crippen molar-refractivity contribution in [3.05, 3.63) is 64.0 Å². The third-order valence-corrected chi connectivity index (χ3v) is 3.80. The molecule has 0 aliphatic rings. The van der Waals surface area contributed by atoms with Crippen LogP contribution >= 0.6 is 0 Å². The molecule has 0 unspecified atom stereocenters. The van der Waals surface area contributed by atoms with Gasteiger partial charge in [0.2, 0.25) is 0 Å². The van der Waals surface area contributed by atoms with Crippen LogP contribution in [-0.4, -0.2) is 7.11 Å². The molecule has 3 aromatic rings. The van der Waals surface area contributed by atoms with Gasteiger partial charge in [-0.3, -0.25) is 4.79 Å². The Labute approximate surface area is 122 Å². The second-order valence-corrected chi connectivity index (χ2v) is 5.14. The first-order valence-electron chi connectivity index (χ1n) is 6.77. The molecule has 1 heterocycles. The summed E-state index contributed by atoms with van der Waals surface area (Å²) in [5.41, 5.74) is 4.32. The molecule has 0 radical (unpaired) electrons. The van der Waals surface area contributed by atoms with Gasteiger partial charge in [0.05, 0.1) is 18.1 Å². The number of hydrogen-bond donors (Lipinski definition) is 0. The van der Waals surface area contributed by atoms with Gasteiger partial charge in [0.1, 0.15) is 17.6 Å². The molecule has 0 saturated carbocycles. The summed E-state index contributed by atoms with van der Waals surface area (Å²) in [6, 6.07) is 11.2. The van der Waals surface area contributed by atoms with Gasteiger partial charge in [0, 0.05) is 6.07 Å². The quantitative estimate of drug-likeness (QED) is 0.710. The number of ether oxygens (including phenoxy) is 1. The minimum atomic E-state index is -0.0258. The zero-order chi connectivity index (χ0) is 15.0. The van der Waals surface area contributed by atoms with Crippen LogP contribution in [0.3, 0.4) is 0 Å². The van der Waals surface area contributed by atoms with Crippen LogP contribution < -0.4 is 10.2 Å². The highest BCUT2D eigenvalue weighted by atomic mass is 16.5. The first kappa shape index (κ1) is 13.4. The maximum absolute atomic E-state index is 12.6. The minimum absolute atomic E-state index is 0.0258. The molecule has 0 N–H and O–H groups in total. The molecule has 1 aromatic heterocycles. The maximum Gasteiger partial charge on any atom is 0.200 e. The number of aryl methyl sites for hydroxylation is 2. The predicted octanol–water partition coefficient (Wildman–Crippen LogP) is 4.09. The summed E-state index contributed by atoms with van der Waals surface area (Å²) in [5.74, 6) is 0.671. The van der Waals surface area contributed by atoms with Crippen LogP contribution in [0.15, 0.2) is 51.9 Å². The lowest BCUT2D eigenvalue weighted by molar-refractivity contribution is 0.414. The zero-order valence-corrected chi connectivity index (χ0v) is 12.3. The van der Waals surface area contributed by atoms with Crippen LogP contribution in [0.4, 0.5) is 0 Å². The Morgan fingerprint density at radius 2 is 1.81 bits per heavy atom. The number of rotatable bonds is 2. The van der Waals surface area contributed by atoms with E-state index in [-0.39, 0.29) is 5.43 Å². The summed E-state index contributed by atoms with van der Waals surface area (Å²) in [7, 11) is 1.59. The fourth-order valence-electron chi connectivity index (χ4n) is 2.34. The van der Waals surface area contributed by atoms with E-state index in [4.69, 9.17) is 9.15 Å². The topological polar surface area (TPSA) is 39.4 Å². The highest BCUT2D eigenvalue weighted by Gasteiger charge is 2.10.